The summed E-state index contributed by atoms with van der Waals surface area (Å²) >= 11 is 0. The van der Waals surface area contributed by atoms with Gasteiger partial charge in [-0.25, -0.2) is 0 Å². The van der Waals surface area contributed by atoms with Gasteiger partial charge in [-0.2, -0.15) is 0 Å². The second-order valence-corrected chi connectivity index (χ2v) is 4.73. The first-order chi connectivity index (χ1) is 9.31. The zero-order chi connectivity index (χ0) is 13.5. The number of rotatable bonds is 7. The molecule has 0 saturated heterocycles. The molecule has 0 spiro atoms. The molecule has 0 amide bonds. The molecule has 0 fully saturated rings. The number of hydrogen-bond donors (Lipinski definition) is 2. The molecule has 1 atom stereocenters. The highest BCUT2D eigenvalue weighted by Gasteiger charge is 2.06. The molecule has 3 nitrogen and oxygen atoms in total. The summed E-state index contributed by atoms with van der Waals surface area (Å²) in [5, 5.41) is 12.1. The normalized spacial score (nSPS) is 12.5. The van der Waals surface area contributed by atoms with Gasteiger partial charge in [0.2, 0.25) is 0 Å². The van der Waals surface area contributed by atoms with E-state index in [1.807, 2.05) is 30.3 Å². The fraction of sp³-hybridized carbons (Fsp3) is 0.375. The molecular weight excluding hydrogens is 238 g/mol. The summed E-state index contributed by atoms with van der Waals surface area (Å²) in [7, 11) is 0. The minimum absolute atomic E-state index is 0.332. The van der Waals surface area contributed by atoms with E-state index in [0.717, 1.165) is 35.8 Å². The molecule has 0 aliphatic heterocycles. The largest absolute Gasteiger partial charge is 0.490 e. The van der Waals surface area contributed by atoms with E-state index in [1.54, 1.807) is 0 Å². The van der Waals surface area contributed by atoms with Crippen LogP contribution < -0.4 is 10.5 Å². The van der Waals surface area contributed by atoms with E-state index < -0.39 is 6.10 Å². The summed E-state index contributed by atoms with van der Waals surface area (Å²) in [6, 6.07) is 14.1. The summed E-state index contributed by atoms with van der Waals surface area (Å²) in [4.78, 5) is 0. The van der Waals surface area contributed by atoms with Gasteiger partial charge in [-0.15, -0.1) is 0 Å². The van der Waals surface area contributed by atoms with Crippen LogP contribution in [0.15, 0.2) is 42.5 Å². The number of unbranched alkanes of at least 4 members (excludes halogenated alkanes) is 1. The number of benzene rings is 2. The quantitative estimate of drug-likeness (QED) is 0.752. The molecule has 0 heterocycles. The van der Waals surface area contributed by atoms with Gasteiger partial charge in [0.15, 0.2) is 0 Å². The van der Waals surface area contributed by atoms with Crippen molar-refractivity contribution >= 4 is 10.8 Å². The molecule has 3 heteroatoms. The second-order valence-electron chi connectivity index (χ2n) is 4.73. The third-order valence-electron chi connectivity index (χ3n) is 3.17. The Balaban J connectivity index is 1.94. The second kappa shape index (κ2) is 7.12. The van der Waals surface area contributed by atoms with Crippen molar-refractivity contribution in [3.8, 4) is 5.75 Å². The Kier molecular flexibility index (Phi) is 5.19. The fourth-order valence-corrected chi connectivity index (χ4v) is 2.12. The lowest BCUT2D eigenvalue weighted by Gasteiger charge is -2.13. The molecule has 0 aliphatic rings. The van der Waals surface area contributed by atoms with Gasteiger partial charge in [-0.1, -0.05) is 36.4 Å². The molecule has 0 bridgehead atoms. The van der Waals surface area contributed by atoms with E-state index >= 15 is 0 Å². The minimum atomic E-state index is -0.425. The van der Waals surface area contributed by atoms with Crippen LogP contribution in [0.2, 0.25) is 0 Å². The zero-order valence-electron chi connectivity index (χ0n) is 11.1. The maximum Gasteiger partial charge on any atom is 0.127 e. The Morgan fingerprint density at radius 1 is 1.05 bits per heavy atom. The molecule has 2 aromatic rings. The molecule has 2 rings (SSSR count). The molecular formula is C16H21NO2. The highest BCUT2D eigenvalue weighted by atomic mass is 16.5. The van der Waals surface area contributed by atoms with Gasteiger partial charge >= 0.3 is 0 Å². The van der Waals surface area contributed by atoms with Gasteiger partial charge in [-0.05, 0) is 37.3 Å². The van der Waals surface area contributed by atoms with Gasteiger partial charge in [0, 0.05) is 5.39 Å². The van der Waals surface area contributed by atoms with Crippen LogP contribution in [0, 0.1) is 0 Å². The molecule has 0 unspecified atom stereocenters. The molecule has 0 aliphatic carbocycles. The minimum Gasteiger partial charge on any atom is -0.490 e. The van der Waals surface area contributed by atoms with Gasteiger partial charge in [0.05, 0.1) is 6.10 Å². The standard InChI is InChI=1S/C16H21NO2/c17-11-4-3-8-14(18)12-19-16-10-5-7-13-6-1-2-9-15(13)16/h1-2,5-7,9-10,14,18H,3-4,8,11-12,17H2/t14-/m0/s1. The lowest BCUT2D eigenvalue weighted by Crippen LogP contribution is -2.17. The van der Waals surface area contributed by atoms with Crippen molar-refractivity contribution in [2.75, 3.05) is 13.2 Å². The third-order valence-corrected chi connectivity index (χ3v) is 3.17. The van der Waals surface area contributed by atoms with Crippen molar-refractivity contribution in [2.45, 2.75) is 25.4 Å². The lowest BCUT2D eigenvalue weighted by molar-refractivity contribution is 0.0986. The smallest absolute Gasteiger partial charge is 0.127 e. The van der Waals surface area contributed by atoms with Crippen LogP contribution >= 0.6 is 0 Å². The molecule has 102 valence electrons. The Bertz CT molecular complexity index is 508. The Morgan fingerprint density at radius 2 is 1.84 bits per heavy atom. The number of aliphatic hydroxyl groups is 1. The van der Waals surface area contributed by atoms with Crippen LogP contribution in [-0.2, 0) is 0 Å². The zero-order valence-corrected chi connectivity index (χ0v) is 11.1. The van der Waals surface area contributed by atoms with Gasteiger partial charge in [0.25, 0.3) is 0 Å². The van der Waals surface area contributed by atoms with Crippen molar-refractivity contribution in [1.82, 2.24) is 0 Å². The number of fused-ring (bicyclic) bond motifs is 1. The lowest BCUT2D eigenvalue weighted by atomic mass is 10.1. The van der Waals surface area contributed by atoms with Crippen LogP contribution in [0.3, 0.4) is 0 Å². The topological polar surface area (TPSA) is 55.5 Å². The highest BCUT2D eigenvalue weighted by Crippen LogP contribution is 2.25. The van der Waals surface area contributed by atoms with E-state index in [0.29, 0.717) is 13.2 Å². The summed E-state index contributed by atoms with van der Waals surface area (Å²) < 4.78 is 5.73. The van der Waals surface area contributed by atoms with Crippen LogP contribution in [0.1, 0.15) is 19.3 Å². The maximum absolute atomic E-state index is 9.84. The number of nitrogens with two attached hydrogens (primary N) is 1. The average Bonchev–Trinajstić information content (AvgIpc) is 2.45. The summed E-state index contributed by atoms with van der Waals surface area (Å²) in [6.45, 7) is 1.01. The van der Waals surface area contributed by atoms with Crippen molar-refractivity contribution in [3.05, 3.63) is 42.5 Å². The number of hydrogen-bond acceptors (Lipinski definition) is 3. The average molecular weight is 259 g/mol. The van der Waals surface area contributed by atoms with Crippen LogP contribution in [0.4, 0.5) is 0 Å². The molecule has 19 heavy (non-hydrogen) atoms. The van der Waals surface area contributed by atoms with Crippen LogP contribution in [0.5, 0.6) is 5.75 Å². The van der Waals surface area contributed by atoms with E-state index in [9.17, 15) is 5.11 Å². The van der Waals surface area contributed by atoms with E-state index in [-0.39, 0.29) is 0 Å². The predicted octanol–water partition coefficient (Wildman–Crippen LogP) is 2.71. The van der Waals surface area contributed by atoms with Crippen molar-refractivity contribution in [1.29, 1.82) is 0 Å². The van der Waals surface area contributed by atoms with E-state index in [4.69, 9.17) is 10.5 Å². The van der Waals surface area contributed by atoms with Gasteiger partial charge in [-0.3, -0.25) is 0 Å². The van der Waals surface area contributed by atoms with Crippen molar-refractivity contribution in [3.63, 3.8) is 0 Å². The predicted molar refractivity (Wildman–Crippen MR) is 78.4 cm³/mol. The molecule has 2 aromatic carbocycles. The van der Waals surface area contributed by atoms with Crippen molar-refractivity contribution < 1.29 is 9.84 Å². The van der Waals surface area contributed by atoms with Crippen LogP contribution in [0.25, 0.3) is 10.8 Å². The Morgan fingerprint density at radius 3 is 2.68 bits per heavy atom. The first-order valence-electron chi connectivity index (χ1n) is 6.80. The summed E-state index contributed by atoms with van der Waals surface area (Å²) in [5.41, 5.74) is 5.43. The van der Waals surface area contributed by atoms with E-state index in [2.05, 4.69) is 12.1 Å². The third kappa shape index (κ3) is 3.94. The highest BCUT2D eigenvalue weighted by molar-refractivity contribution is 5.88. The molecule has 0 saturated carbocycles. The Labute approximate surface area is 114 Å². The Hall–Kier alpha value is -1.58. The fourth-order valence-electron chi connectivity index (χ4n) is 2.12. The first-order valence-corrected chi connectivity index (χ1v) is 6.80. The number of ether oxygens (including phenoxy) is 1. The first kappa shape index (κ1) is 13.8. The molecule has 0 radical (unpaired) electrons. The van der Waals surface area contributed by atoms with E-state index in [1.165, 1.54) is 0 Å². The van der Waals surface area contributed by atoms with Crippen LogP contribution in [-0.4, -0.2) is 24.4 Å². The SMILES string of the molecule is NCCCC[C@H](O)COc1cccc2ccccc12. The summed E-state index contributed by atoms with van der Waals surface area (Å²) in [5.74, 6) is 0.830. The number of aliphatic hydroxyl groups excluding tert-OH is 1. The monoisotopic (exact) mass is 259 g/mol. The summed E-state index contributed by atoms with van der Waals surface area (Å²) in [6.07, 6.45) is 2.20. The van der Waals surface area contributed by atoms with Crippen molar-refractivity contribution in [2.24, 2.45) is 5.73 Å². The molecule has 3 N–H and O–H groups in total. The maximum atomic E-state index is 9.84. The van der Waals surface area contributed by atoms with Gasteiger partial charge < -0.3 is 15.6 Å². The molecule has 0 aromatic heterocycles. The van der Waals surface area contributed by atoms with Gasteiger partial charge in [0.1, 0.15) is 12.4 Å².